The number of amides is 1. The number of anilines is 1. The molecule has 0 saturated heterocycles. The summed E-state index contributed by atoms with van der Waals surface area (Å²) in [6, 6.07) is 14.1. The van der Waals surface area contributed by atoms with E-state index in [2.05, 4.69) is 5.32 Å². The van der Waals surface area contributed by atoms with Crippen LogP contribution < -0.4 is 9.62 Å². The van der Waals surface area contributed by atoms with Crippen molar-refractivity contribution in [2.75, 3.05) is 10.6 Å². The lowest BCUT2D eigenvalue weighted by Crippen LogP contribution is -2.34. The lowest BCUT2D eigenvalue weighted by Gasteiger charge is -2.22. The van der Waals surface area contributed by atoms with Gasteiger partial charge in [0.2, 0.25) is 10.0 Å². The van der Waals surface area contributed by atoms with E-state index in [-0.39, 0.29) is 18.0 Å². The van der Waals surface area contributed by atoms with E-state index < -0.39 is 10.0 Å². The third-order valence-electron chi connectivity index (χ3n) is 5.21. The molecular formula is C22H21ClN2O3S2. The van der Waals surface area contributed by atoms with Crippen molar-refractivity contribution in [2.24, 2.45) is 0 Å². The number of hydrogen-bond donors (Lipinski definition) is 1. The molecule has 1 amide bonds. The Labute approximate surface area is 185 Å². The lowest BCUT2D eigenvalue weighted by atomic mass is 10.00. The summed E-state index contributed by atoms with van der Waals surface area (Å²) in [6.07, 6.45) is 1.78. The number of carbonyl (C=O) groups is 1. The van der Waals surface area contributed by atoms with Crippen LogP contribution in [0.4, 0.5) is 5.69 Å². The van der Waals surface area contributed by atoms with Gasteiger partial charge in [0.05, 0.1) is 18.0 Å². The Hall–Kier alpha value is -2.35. The van der Waals surface area contributed by atoms with Crippen LogP contribution in [-0.4, -0.2) is 26.6 Å². The molecule has 2 heterocycles. The topological polar surface area (TPSA) is 66.5 Å². The number of benzene rings is 2. The number of fused-ring (bicyclic) bond motifs is 1. The highest BCUT2D eigenvalue weighted by molar-refractivity contribution is 7.92. The fourth-order valence-corrected chi connectivity index (χ4v) is 5.99. The molecular weight excluding hydrogens is 440 g/mol. The van der Waals surface area contributed by atoms with Gasteiger partial charge in [-0.3, -0.25) is 9.10 Å². The van der Waals surface area contributed by atoms with Gasteiger partial charge in [0.15, 0.2) is 0 Å². The first kappa shape index (κ1) is 20.9. The van der Waals surface area contributed by atoms with Gasteiger partial charge in [0.1, 0.15) is 0 Å². The predicted octanol–water partition coefficient (Wildman–Crippen LogP) is 4.63. The maximum Gasteiger partial charge on any atom is 0.252 e. The molecule has 0 aliphatic carbocycles. The smallest absolute Gasteiger partial charge is 0.252 e. The van der Waals surface area contributed by atoms with E-state index in [1.54, 1.807) is 41.7 Å². The van der Waals surface area contributed by atoms with Crippen molar-refractivity contribution in [3.63, 3.8) is 0 Å². The normalized spacial score (nSPS) is 16.9. The Kier molecular flexibility index (Phi) is 5.61. The third-order valence-corrected chi connectivity index (χ3v) is 7.43. The Morgan fingerprint density at radius 1 is 1.17 bits per heavy atom. The van der Waals surface area contributed by atoms with E-state index in [1.807, 2.05) is 35.9 Å². The van der Waals surface area contributed by atoms with Crippen molar-refractivity contribution in [1.82, 2.24) is 5.32 Å². The molecule has 1 aliphatic heterocycles. The van der Waals surface area contributed by atoms with Crippen LogP contribution in [0.3, 0.4) is 0 Å². The van der Waals surface area contributed by atoms with Crippen molar-refractivity contribution < 1.29 is 13.2 Å². The fourth-order valence-electron chi connectivity index (χ4n) is 3.92. The van der Waals surface area contributed by atoms with Gasteiger partial charge in [0.25, 0.3) is 5.91 Å². The molecule has 0 saturated carbocycles. The minimum Gasteiger partial charge on any atom is -0.341 e. The minimum atomic E-state index is -3.36. The Bertz CT molecular complexity index is 1180. The van der Waals surface area contributed by atoms with Crippen molar-refractivity contribution >= 4 is 44.6 Å². The number of hydrogen-bond acceptors (Lipinski definition) is 4. The monoisotopic (exact) mass is 460 g/mol. The molecule has 156 valence electrons. The molecule has 4 rings (SSSR count). The van der Waals surface area contributed by atoms with Gasteiger partial charge in [-0.25, -0.2) is 8.42 Å². The van der Waals surface area contributed by atoms with Crippen LogP contribution in [0.5, 0.6) is 0 Å². The van der Waals surface area contributed by atoms with Gasteiger partial charge < -0.3 is 5.32 Å². The summed E-state index contributed by atoms with van der Waals surface area (Å²) in [5, 5.41) is 7.73. The summed E-state index contributed by atoms with van der Waals surface area (Å²) < 4.78 is 25.7. The average molecular weight is 461 g/mol. The molecule has 0 fully saturated rings. The van der Waals surface area contributed by atoms with Gasteiger partial charge in [-0.2, -0.15) is 11.3 Å². The van der Waals surface area contributed by atoms with E-state index in [0.717, 1.165) is 16.7 Å². The summed E-state index contributed by atoms with van der Waals surface area (Å²) in [5.74, 6) is -0.214. The second-order valence-electron chi connectivity index (χ2n) is 7.47. The summed E-state index contributed by atoms with van der Waals surface area (Å²) in [4.78, 5) is 13.1. The molecule has 5 nitrogen and oxygen atoms in total. The van der Waals surface area contributed by atoms with Crippen molar-refractivity contribution in [2.45, 2.75) is 25.4 Å². The second-order valence-corrected chi connectivity index (χ2v) is 10.5. The number of sulfonamides is 1. The van der Waals surface area contributed by atoms with E-state index in [0.29, 0.717) is 22.7 Å². The molecule has 30 heavy (non-hydrogen) atoms. The number of nitrogens with zero attached hydrogens (tertiary/aromatic N) is 1. The minimum absolute atomic E-state index is 0.166. The molecule has 2 atom stereocenters. The molecule has 1 N–H and O–H groups in total. The van der Waals surface area contributed by atoms with Crippen molar-refractivity contribution in [3.8, 4) is 0 Å². The zero-order chi connectivity index (χ0) is 21.5. The Balaban J connectivity index is 1.63. The molecule has 2 aromatic carbocycles. The standard InChI is InChI=1S/C22H21ClN2O3S2/c1-14-11-18-12-16(5-8-20(18)25(14)30(2,27)28)22(26)24-21(17-9-10-29-13-17)15-3-6-19(23)7-4-15/h3-10,12-14,21H,11H2,1-2H3,(H,24,26). The molecule has 1 aromatic heterocycles. The first-order valence-electron chi connectivity index (χ1n) is 9.45. The maximum absolute atomic E-state index is 13.1. The summed E-state index contributed by atoms with van der Waals surface area (Å²) in [6.45, 7) is 1.87. The summed E-state index contributed by atoms with van der Waals surface area (Å²) in [5.41, 5.74) is 3.94. The van der Waals surface area contributed by atoms with E-state index in [9.17, 15) is 13.2 Å². The maximum atomic E-state index is 13.1. The number of halogens is 1. The highest BCUT2D eigenvalue weighted by atomic mass is 35.5. The van der Waals surface area contributed by atoms with E-state index in [1.165, 1.54) is 10.6 Å². The van der Waals surface area contributed by atoms with Crippen LogP contribution in [-0.2, 0) is 16.4 Å². The molecule has 0 spiro atoms. The largest absolute Gasteiger partial charge is 0.341 e. The quantitative estimate of drug-likeness (QED) is 0.603. The van der Waals surface area contributed by atoms with Crippen LogP contribution in [0, 0.1) is 0 Å². The molecule has 3 aromatic rings. The zero-order valence-electron chi connectivity index (χ0n) is 16.5. The Morgan fingerprint density at radius 2 is 1.90 bits per heavy atom. The zero-order valence-corrected chi connectivity index (χ0v) is 18.9. The number of rotatable bonds is 5. The average Bonchev–Trinajstić information content (AvgIpc) is 3.32. The predicted molar refractivity (Wildman–Crippen MR) is 122 cm³/mol. The van der Waals surface area contributed by atoms with Gasteiger partial charge in [-0.1, -0.05) is 23.7 Å². The molecule has 1 aliphatic rings. The Morgan fingerprint density at radius 3 is 2.53 bits per heavy atom. The van der Waals surface area contributed by atoms with Crippen LogP contribution in [0.2, 0.25) is 5.02 Å². The number of thiophene rings is 1. The van der Waals surface area contributed by atoms with E-state index in [4.69, 9.17) is 11.6 Å². The van der Waals surface area contributed by atoms with Gasteiger partial charge in [-0.15, -0.1) is 0 Å². The van der Waals surface area contributed by atoms with Crippen molar-refractivity contribution in [1.29, 1.82) is 0 Å². The number of nitrogens with one attached hydrogen (secondary N) is 1. The molecule has 0 bridgehead atoms. The van der Waals surface area contributed by atoms with Crippen molar-refractivity contribution in [3.05, 3.63) is 86.6 Å². The van der Waals surface area contributed by atoms with Crippen LogP contribution >= 0.6 is 22.9 Å². The van der Waals surface area contributed by atoms with Crippen LogP contribution in [0.15, 0.2) is 59.3 Å². The SMILES string of the molecule is CC1Cc2cc(C(=O)NC(c3ccc(Cl)cc3)c3ccsc3)ccc2N1S(C)(=O)=O. The summed E-state index contributed by atoms with van der Waals surface area (Å²) >= 11 is 7.59. The molecule has 8 heteroatoms. The summed E-state index contributed by atoms with van der Waals surface area (Å²) in [7, 11) is -3.36. The first-order chi connectivity index (χ1) is 14.2. The van der Waals surface area contributed by atoms with E-state index >= 15 is 0 Å². The molecule has 0 radical (unpaired) electrons. The lowest BCUT2D eigenvalue weighted by molar-refractivity contribution is 0.0943. The van der Waals surface area contributed by atoms with Crippen LogP contribution in [0.25, 0.3) is 0 Å². The first-order valence-corrected chi connectivity index (χ1v) is 12.6. The highest BCUT2D eigenvalue weighted by Crippen LogP contribution is 2.35. The second kappa shape index (κ2) is 8.06. The third kappa shape index (κ3) is 4.10. The van der Waals surface area contributed by atoms with Gasteiger partial charge in [-0.05, 0) is 77.2 Å². The van der Waals surface area contributed by atoms with Crippen LogP contribution in [0.1, 0.15) is 40.0 Å². The fraction of sp³-hybridized carbons (Fsp3) is 0.227. The van der Waals surface area contributed by atoms with Gasteiger partial charge in [0, 0.05) is 16.6 Å². The van der Waals surface area contributed by atoms with Gasteiger partial charge >= 0.3 is 0 Å². The highest BCUT2D eigenvalue weighted by Gasteiger charge is 2.33. The number of carbonyl (C=O) groups excluding carboxylic acids is 1. The molecule has 2 unspecified atom stereocenters.